The van der Waals surface area contributed by atoms with Gasteiger partial charge in [-0.3, -0.25) is 4.90 Å². The summed E-state index contributed by atoms with van der Waals surface area (Å²) in [5.41, 5.74) is 7.64. The second-order valence-electron chi connectivity index (χ2n) is 4.61. The van der Waals surface area contributed by atoms with Crippen LogP contribution in [0.4, 0.5) is 0 Å². The molecule has 2 rings (SSSR count). The molecular formula is C16H17ClN2S. The molecule has 0 aliphatic heterocycles. The van der Waals surface area contributed by atoms with Crippen molar-refractivity contribution in [1.82, 2.24) is 4.90 Å². The molecule has 4 heteroatoms. The fraction of sp³-hybridized carbons (Fsp3) is 0.250. The summed E-state index contributed by atoms with van der Waals surface area (Å²) >= 11 is 7.73. The molecule has 1 heterocycles. The van der Waals surface area contributed by atoms with E-state index < -0.39 is 0 Å². The summed E-state index contributed by atoms with van der Waals surface area (Å²) in [6.07, 6.45) is 0. The van der Waals surface area contributed by atoms with Crippen LogP contribution in [0.1, 0.15) is 16.0 Å². The monoisotopic (exact) mass is 304 g/mol. The lowest BCUT2D eigenvalue weighted by atomic mass is 10.2. The van der Waals surface area contributed by atoms with Crippen molar-refractivity contribution in [2.75, 3.05) is 13.6 Å². The van der Waals surface area contributed by atoms with E-state index in [9.17, 15) is 0 Å². The van der Waals surface area contributed by atoms with E-state index in [2.05, 4.69) is 41.3 Å². The summed E-state index contributed by atoms with van der Waals surface area (Å²) in [4.78, 5) is 3.56. The van der Waals surface area contributed by atoms with Crippen LogP contribution in [0.25, 0.3) is 0 Å². The Morgan fingerprint density at radius 2 is 2.15 bits per heavy atom. The summed E-state index contributed by atoms with van der Waals surface area (Å²) in [6.45, 7) is 2.18. The van der Waals surface area contributed by atoms with E-state index >= 15 is 0 Å². The number of thiophene rings is 1. The highest BCUT2D eigenvalue weighted by Gasteiger charge is 2.04. The Morgan fingerprint density at radius 3 is 2.90 bits per heavy atom. The lowest BCUT2D eigenvalue weighted by Crippen LogP contribution is -2.16. The van der Waals surface area contributed by atoms with Crippen molar-refractivity contribution in [3.05, 3.63) is 56.7 Å². The molecule has 0 amide bonds. The van der Waals surface area contributed by atoms with E-state index in [0.717, 1.165) is 23.7 Å². The Hall–Kier alpha value is -1.31. The second kappa shape index (κ2) is 7.47. The zero-order valence-electron chi connectivity index (χ0n) is 11.4. The Labute approximate surface area is 129 Å². The summed E-state index contributed by atoms with van der Waals surface area (Å²) in [5.74, 6) is 5.93. The third-order valence-corrected chi connectivity index (χ3v) is 3.91. The first kappa shape index (κ1) is 15.1. The number of rotatable bonds is 4. The fourth-order valence-corrected chi connectivity index (χ4v) is 3.06. The Kier molecular flexibility index (Phi) is 5.63. The van der Waals surface area contributed by atoms with Crippen LogP contribution in [-0.4, -0.2) is 18.5 Å². The van der Waals surface area contributed by atoms with Crippen molar-refractivity contribution in [2.45, 2.75) is 13.1 Å². The predicted octanol–water partition coefficient (Wildman–Crippen LogP) is 3.34. The number of nitrogens with two attached hydrogens (primary N) is 1. The maximum atomic E-state index is 6.00. The maximum absolute atomic E-state index is 6.00. The first-order valence-electron chi connectivity index (χ1n) is 6.36. The highest BCUT2D eigenvalue weighted by atomic mass is 35.5. The van der Waals surface area contributed by atoms with E-state index in [4.69, 9.17) is 17.3 Å². The van der Waals surface area contributed by atoms with Crippen LogP contribution in [0, 0.1) is 11.8 Å². The zero-order valence-corrected chi connectivity index (χ0v) is 13.0. The average Bonchev–Trinajstić information content (AvgIpc) is 2.83. The first-order chi connectivity index (χ1) is 9.67. The van der Waals surface area contributed by atoms with Crippen molar-refractivity contribution in [3.8, 4) is 11.8 Å². The quantitative estimate of drug-likeness (QED) is 0.878. The number of benzene rings is 1. The van der Waals surface area contributed by atoms with Gasteiger partial charge < -0.3 is 5.73 Å². The first-order valence-corrected chi connectivity index (χ1v) is 7.62. The standard InChI is InChI=1S/C16H17ClN2S/c1-19(10-13-4-2-6-15(17)8-13)11-16-9-14(12-20-16)5-3-7-18/h2,4,6,8-9,12H,7,10-11,18H2,1H3. The SMILES string of the molecule is CN(Cc1cccc(Cl)c1)Cc1cc(C#CCN)cs1. The van der Waals surface area contributed by atoms with Gasteiger partial charge in [-0.15, -0.1) is 11.3 Å². The highest BCUT2D eigenvalue weighted by Crippen LogP contribution is 2.17. The third kappa shape index (κ3) is 4.66. The van der Waals surface area contributed by atoms with Gasteiger partial charge in [-0.1, -0.05) is 35.6 Å². The Balaban J connectivity index is 1.94. The van der Waals surface area contributed by atoms with Gasteiger partial charge in [0.2, 0.25) is 0 Å². The molecule has 0 bridgehead atoms. The molecule has 2 nitrogen and oxygen atoms in total. The minimum Gasteiger partial charge on any atom is -0.320 e. The molecule has 0 atom stereocenters. The van der Waals surface area contributed by atoms with Crippen LogP contribution in [0.2, 0.25) is 5.02 Å². The zero-order chi connectivity index (χ0) is 14.4. The van der Waals surface area contributed by atoms with E-state index in [1.807, 2.05) is 18.2 Å². The minimum absolute atomic E-state index is 0.403. The van der Waals surface area contributed by atoms with Crippen LogP contribution in [0.15, 0.2) is 35.7 Å². The predicted molar refractivity (Wildman–Crippen MR) is 86.9 cm³/mol. The highest BCUT2D eigenvalue weighted by molar-refractivity contribution is 7.10. The molecule has 20 heavy (non-hydrogen) atoms. The molecule has 1 aromatic heterocycles. The maximum Gasteiger partial charge on any atom is 0.0555 e. The van der Waals surface area contributed by atoms with E-state index in [-0.39, 0.29) is 0 Å². The molecule has 0 saturated carbocycles. The molecule has 1 aromatic carbocycles. The fourth-order valence-electron chi connectivity index (χ4n) is 1.95. The van der Waals surface area contributed by atoms with Crippen molar-refractivity contribution in [2.24, 2.45) is 5.73 Å². The molecule has 2 N–H and O–H groups in total. The van der Waals surface area contributed by atoms with Crippen LogP contribution < -0.4 is 5.73 Å². The van der Waals surface area contributed by atoms with Gasteiger partial charge in [-0.2, -0.15) is 0 Å². The molecule has 0 aliphatic carbocycles. The van der Waals surface area contributed by atoms with Crippen molar-refractivity contribution in [3.63, 3.8) is 0 Å². The minimum atomic E-state index is 0.403. The largest absolute Gasteiger partial charge is 0.320 e. The van der Waals surface area contributed by atoms with Crippen molar-refractivity contribution in [1.29, 1.82) is 0 Å². The molecular weight excluding hydrogens is 288 g/mol. The summed E-state index contributed by atoms with van der Waals surface area (Å²) < 4.78 is 0. The molecule has 0 saturated heterocycles. The molecule has 0 unspecified atom stereocenters. The van der Waals surface area contributed by atoms with Crippen LogP contribution in [-0.2, 0) is 13.1 Å². The average molecular weight is 305 g/mol. The van der Waals surface area contributed by atoms with E-state index in [1.54, 1.807) is 11.3 Å². The van der Waals surface area contributed by atoms with Gasteiger partial charge >= 0.3 is 0 Å². The van der Waals surface area contributed by atoms with Crippen molar-refractivity contribution >= 4 is 22.9 Å². The second-order valence-corrected chi connectivity index (χ2v) is 6.04. The number of nitrogens with zero attached hydrogens (tertiary/aromatic N) is 1. The van der Waals surface area contributed by atoms with Crippen molar-refractivity contribution < 1.29 is 0 Å². The summed E-state index contributed by atoms with van der Waals surface area (Å²) in [7, 11) is 2.10. The summed E-state index contributed by atoms with van der Waals surface area (Å²) in [6, 6.07) is 10.1. The number of hydrogen-bond acceptors (Lipinski definition) is 3. The Morgan fingerprint density at radius 1 is 1.30 bits per heavy atom. The number of hydrogen-bond donors (Lipinski definition) is 1. The smallest absolute Gasteiger partial charge is 0.0555 e. The summed E-state index contributed by atoms with van der Waals surface area (Å²) in [5, 5.41) is 2.86. The Bertz CT molecular complexity index is 625. The molecule has 0 spiro atoms. The van der Waals surface area contributed by atoms with Gasteiger partial charge in [0.25, 0.3) is 0 Å². The molecule has 2 aromatic rings. The normalized spacial score (nSPS) is 10.4. The molecule has 0 fully saturated rings. The van der Waals surface area contributed by atoms with Gasteiger partial charge in [0.05, 0.1) is 6.54 Å². The van der Waals surface area contributed by atoms with Gasteiger partial charge in [0.15, 0.2) is 0 Å². The van der Waals surface area contributed by atoms with E-state index in [1.165, 1.54) is 10.4 Å². The van der Waals surface area contributed by atoms with Crippen LogP contribution >= 0.6 is 22.9 Å². The number of halogens is 1. The molecule has 104 valence electrons. The van der Waals surface area contributed by atoms with Crippen LogP contribution in [0.3, 0.4) is 0 Å². The topological polar surface area (TPSA) is 29.3 Å². The lowest BCUT2D eigenvalue weighted by molar-refractivity contribution is 0.322. The van der Waals surface area contributed by atoms with Gasteiger partial charge in [0, 0.05) is 33.9 Å². The van der Waals surface area contributed by atoms with Crippen LogP contribution in [0.5, 0.6) is 0 Å². The van der Waals surface area contributed by atoms with Gasteiger partial charge in [-0.05, 0) is 30.8 Å². The molecule has 0 aliphatic rings. The van der Waals surface area contributed by atoms with Gasteiger partial charge in [-0.25, -0.2) is 0 Å². The van der Waals surface area contributed by atoms with Gasteiger partial charge in [0.1, 0.15) is 0 Å². The molecule has 0 radical (unpaired) electrons. The van der Waals surface area contributed by atoms with E-state index in [0.29, 0.717) is 6.54 Å². The lowest BCUT2D eigenvalue weighted by Gasteiger charge is -2.15. The third-order valence-electron chi connectivity index (χ3n) is 2.76.